The largest absolute Gasteiger partial charge is 0.385 e. The standard InChI is InChI=1S/C40H52O4/c1-27(17-13-19-29(3)21-23-33-31(5)37(43)35(41)25-39(33,7)8)15-11-12-16-28(2)18-14-20-30(4)22-24-34-32(6)38(44)36(42)26-40(34,9)10/h11-24,35-36,41-42H,25-26H2,1-10H3/b12-11-,17-13+,18-14+,23-21+,24-22+,27-15+,28-16+,29-19+,30-20+/t35-,36-/m1/s1. The van der Waals surface area contributed by atoms with Gasteiger partial charge in [-0.15, -0.1) is 0 Å². The minimum Gasteiger partial charge on any atom is -0.385 e. The summed E-state index contributed by atoms with van der Waals surface area (Å²) in [6, 6.07) is 0. The minimum absolute atomic E-state index is 0.175. The lowest BCUT2D eigenvalue weighted by Crippen LogP contribution is -2.35. The van der Waals surface area contributed by atoms with Crippen LogP contribution in [0.5, 0.6) is 0 Å². The van der Waals surface area contributed by atoms with E-state index in [1.165, 1.54) is 0 Å². The SMILES string of the molecule is CC1=C(/C=C/C(C)=C/C=C/C(C)=C/C=C\C=C(C)\C=C\C=C(C)\C=C\C2=C(C)C(=O)[C@H](O)CC2(C)C)C(C)(C)C[C@@H](O)C1=O. The third-order valence-electron chi connectivity index (χ3n) is 8.31. The zero-order valence-electron chi connectivity index (χ0n) is 28.4. The predicted octanol–water partition coefficient (Wildman–Crippen LogP) is 8.91. The summed E-state index contributed by atoms with van der Waals surface area (Å²) in [5, 5.41) is 20.0. The van der Waals surface area contributed by atoms with Gasteiger partial charge in [-0.1, -0.05) is 135 Å². The van der Waals surface area contributed by atoms with Gasteiger partial charge in [0, 0.05) is 0 Å². The van der Waals surface area contributed by atoms with E-state index in [-0.39, 0.29) is 22.4 Å². The van der Waals surface area contributed by atoms with E-state index in [4.69, 9.17) is 0 Å². The fourth-order valence-electron chi connectivity index (χ4n) is 5.62. The summed E-state index contributed by atoms with van der Waals surface area (Å²) in [5.41, 5.74) is 7.16. The summed E-state index contributed by atoms with van der Waals surface area (Å²) in [4.78, 5) is 24.5. The summed E-state index contributed by atoms with van der Waals surface area (Å²) in [5.74, 6) is -0.350. The first-order valence-electron chi connectivity index (χ1n) is 15.4. The Balaban J connectivity index is 1.95. The maximum absolute atomic E-state index is 12.2. The highest BCUT2D eigenvalue weighted by Crippen LogP contribution is 2.40. The number of carbonyl (C=O) groups excluding carboxylic acids is 2. The maximum Gasteiger partial charge on any atom is 0.187 e. The van der Waals surface area contributed by atoms with Crippen LogP contribution in [0.3, 0.4) is 0 Å². The van der Waals surface area contributed by atoms with Crippen LogP contribution in [-0.2, 0) is 9.59 Å². The molecule has 0 aromatic heterocycles. The van der Waals surface area contributed by atoms with Crippen LogP contribution in [0.4, 0.5) is 0 Å². The van der Waals surface area contributed by atoms with Gasteiger partial charge in [0.2, 0.25) is 0 Å². The van der Waals surface area contributed by atoms with Crippen LogP contribution in [0.1, 0.15) is 82.1 Å². The summed E-state index contributed by atoms with van der Waals surface area (Å²) in [6.45, 7) is 20.0. The zero-order chi connectivity index (χ0) is 33.2. The molecule has 236 valence electrons. The van der Waals surface area contributed by atoms with Crippen LogP contribution in [0.2, 0.25) is 0 Å². The van der Waals surface area contributed by atoms with Gasteiger partial charge < -0.3 is 10.2 Å². The molecule has 0 unspecified atom stereocenters. The van der Waals surface area contributed by atoms with Crippen molar-refractivity contribution in [3.8, 4) is 0 Å². The fraction of sp³-hybridized carbons (Fsp3) is 0.400. The topological polar surface area (TPSA) is 74.6 Å². The van der Waals surface area contributed by atoms with Gasteiger partial charge in [0.15, 0.2) is 11.6 Å². The number of ketones is 2. The van der Waals surface area contributed by atoms with E-state index >= 15 is 0 Å². The molecule has 0 heterocycles. The van der Waals surface area contributed by atoms with Crippen LogP contribution in [0.25, 0.3) is 0 Å². The minimum atomic E-state index is -0.907. The normalized spacial score (nSPS) is 24.5. The molecule has 44 heavy (non-hydrogen) atoms. The lowest BCUT2D eigenvalue weighted by molar-refractivity contribution is -0.126. The molecule has 0 radical (unpaired) electrons. The maximum atomic E-state index is 12.2. The third-order valence-corrected chi connectivity index (χ3v) is 8.31. The highest BCUT2D eigenvalue weighted by molar-refractivity contribution is 6.01. The van der Waals surface area contributed by atoms with E-state index in [1.54, 1.807) is 13.8 Å². The van der Waals surface area contributed by atoms with Crippen molar-refractivity contribution in [2.75, 3.05) is 0 Å². The molecule has 4 nitrogen and oxygen atoms in total. The van der Waals surface area contributed by atoms with Crippen LogP contribution in [-0.4, -0.2) is 34.0 Å². The first kappa shape index (κ1) is 36.6. The highest BCUT2D eigenvalue weighted by atomic mass is 16.3. The van der Waals surface area contributed by atoms with E-state index in [0.717, 1.165) is 33.4 Å². The van der Waals surface area contributed by atoms with E-state index in [2.05, 4.69) is 65.8 Å². The highest BCUT2D eigenvalue weighted by Gasteiger charge is 2.37. The van der Waals surface area contributed by atoms with Crippen LogP contribution >= 0.6 is 0 Å². The number of carbonyl (C=O) groups is 2. The Morgan fingerprint density at radius 1 is 0.568 bits per heavy atom. The fourth-order valence-corrected chi connectivity index (χ4v) is 5.62. The lowest BCUT2D eigenvalue weighted by atomic mass is 9.71. The van der Waals surface area contributed by atoms with E-state index < -0.39 is 12.2 Å². The van der Waals surface area contributed by atoms with Crippen LogP contribution in [0.15, 0.2) is 130 Å². The average molecular weight is 597 g/mol. The number of aliphatic hydroxyl groups is 2. The number of allylic oxidation sites excluding steroid dienone is 20. The van der Waals surface area contributed by atoms with Crippen LogP contribution < -0.4 is 0 Å². The van der Waals surface area contributed by atoms with Gasteiger partial charge in [-0.2, -0.15) is 0 Å². The Morgan fingerprint density at radius 2 is 0.864 bits per heavy atom. The first-order chi connectivity index (χ1) is 20.5. The molecular weight excluding hydrogens is 544 g/mol. The molecule has 0 aromatic rings. The summed E-state index contributed by atoms with van der Waals surface area (Å²) >= 11 is 0. The van der Waals surface area contributed by atoms with Crippen molar-refractivity contribution in [1.82, 2.24) is 0 Å². The molecule has 0 fully saturated rings. The zero-order valence-corrected chi connectivity index (χ0v) is 28.4. The molecular formula is C40H52O4. The molecule has 4 heteroatoms. The quantitative estimate of drug-likeness (QED) is 0.247. The molecule has 2 atom stereocenters. The molecule has 0 aliphatic heterocycles. The Bertz CT molecular complexity index is 1340. The number of hydrogen-bond acceptors (Lipinski definition) is 4. The van der Waals surface area contributed by atoms with Crippen LogP contribution in [0, 0.1) is 10.8 Å². The Kier molecular flexibility index (Phi) is 13.2. The van der Waals surface area contributed by atoms with Gasteiger partial charge in [0.25, 0.3) is 0 Å². The van der Waals surface area contributed by atoms with E-state index in [9.17, 15) is 19.8 Å². The van der Waals surface area contributed by atoms with Crippen molar-refractivity contribution in [2.24, 2.45) is 10.8 Å². The monoisotopic (exact) mass is 596 g/mol. The molecule has 0 bridgehead atoms. The molecule has 0 saturated heterocycles. The summed E-state index contributed by atoms with van der Waals surface area (Å²) in [7, 11) is 0. The van der Waals surface area contributed by atoms with Crippen molar-refractivity contribution in [3.05, 3.63) is 130 Å². The second-order valence-electron chi connectivity index (χ2n) is 13.4. The van der Waals surface area contributed by atoms with E-state index in [0.29, 0.717) is 24.0 Å². The summed E-state index contributed by atoms with van der Waals surface area (Å²) in [6.07, 6.45) is 27.5. The van der Waals surface area contributed by atoms with Gasteiger partial charge in [0.1, 0.15) is 12.2 Å². The molecule has 2 rings (SSSR count). The molecule has 2 aliphatic rings. The summed E-state index contributed by atoms with van der Waals surface area (Å²) < 4.78 is 0. The molecule has 2 aliphatic carbocycles. The Labute approximate surface area is 265 Å². The lowest BCUT2D eigenvalue weighted by Gasteiger charge is -2.34. The van der Waals surface area contributed by atoms with Gasteiger partial charge in [-0.05, 0) is 87.5 Å². The van der Waals surface area contributed by atoms with Crippen molar-refractivity contribution >= 4 is 11.6 Å². The molecule has 0 spiro atoms. The molecule has 0 amide bonds. The van der Waals surface area contributed by atoms with Crippen molar-refractivity contribution in [2.45, 2.75) is 94.3 Å². The second kappa shape index (κ2) is 15.9. The molecule has 0 aromatic carbocycles. The Hall–Kier alpha value is -3.60. The van der Waals surface area contributed by atoms with Gasteiger partial charge in [-0.25, -0.2) is 0 Å². The van der Waals surface area contributed by atoms with Crippen molar-refractivity contribution < 1.29 is 19.8 Å². The van der Waals surface area contributed by atoms with Gasteiger partial charge >= 0.3 is 0 Å². The number of Topliss-reactive ketones (excluding diaryl/α,β-unsaturated/α-hetero) is 2. The first-order valence-corrected chi connectivity index (χ1v) is 15.4. The van der Waals surface area contributed by atoms with Crippen molar-refractivity contribution in [1.29, 1.82) is 0 Å². The van der Waals surface area contributed by atoms with Gasteiger partial charge in [-0.3, -0.25) is 9.59 Å². The van der Waals surface area contributed by atoms with Crippen molar-refractivity contribution in [3.63, 3.8) is 0 Å². The molecule has 2 N–H and O–H groups in total. The smallest absolute Gasteiger partial charge is 0.187 e. The number of rotatable bonds is 10. The molecule has 0 saturated carbocycles. The van der Waals surface area contributed by atoms with E-state index in [1.807, 2.05) is 74.6 Å². The van der Waals surface area contributed by atoms with Gasteiger partial charge in [0.05, 0.1) is 0 Å². The number of hydrogen-bond donors (Lipinski definition) is 2. The second-order valence-corrected chi connectivity index (χ2v) is 13.4. The predicted molar refractivity (Wildman–Crippen MR) is 185 cm³/mol. The number of aliphatic hydroxyl groups excluding tert-OH is 2. The Morgan fingerprint density at radius 3 is 1.20 bits per heavy atom. The third kappa shape index (κ3) is 10.5. The average Bonchev–Trinajstić information content (AvgIpc) is 2.92.